The maximum atomic E-state index is 11.9. The standard InChI is InChI=1S/C29H34N4O3.2BrH/c1-3-30-16-17-31(23-30)14-4-5-15-32-18-19-33(24-32)20-26-10-12-28(13-11-26)22-36-29(34)35-21-27-8-6-25(2)7-9-27;;/h4-13,16-19,23-24H,3,14-15,20-22H2,1-2H3;2*1H/q+2;;/p-2/b5-4+;;. The third-order valence-corrected chi connectivity index (χ3v) is 5.88. The molecule has 0 unspecified atom stereocenters. The van der Waals surface area contributed by atoms with E-state index in [0.717, 1.165) is 37.3 Å². The number of aromatic nitrogens is 4. The topological polar surface area (TPSA) is 53.2 Å². The van der Waals surface area contributed by atoms with Gasteiger partial charge in [-0.3, -0.25) is 0 Å². The van der Waals surface area contributed by atoms with Crippen molar-refractivity contribution in [1.82, 2.24) is 9.13 Å². The second kappa shape index (κ2) is 15.9. The molecule has 0 aliphatic heterocycles. The highest BCUT2D eigenvalue weighted by atomic mass is 79.9. The second-order valence-electron chi connectivity index (χ2n) is 8.82. The maximum absolute atomic E-state index is 11.9. The van der Waals surface area contributed by atoms with Crippen LogP contribution in [0.4, 0.5) is 4.79 Å². The fourth-order valence-electron chi connectivity index (χ4n) is 3.73. The largest absolute Gasteiger partial charge is 1.00 e. The van der Waals surface area contributed by atoms with Crippen LogP contribution in [0.15, 0.2) is 98.1 Å². The number of benzene rings is 2. The number of hydrogen-bond acceptors (Lipinski definition) is 3. The lowest BCUT2D eigenvalue weighted by Crippen LogP contribution is -3.00. The van der Waals surface area contributed by atoms with Gasteiger partial charge in [0.25, 0.3) is 0 Å². The van der Waals surface area contributed by atoms with Crippen LogP contribution in [0.25, 0.3) is 0 Å². The lowest BCUT2D eigenvalue weighted by molar-refractivity contribution is -0.687. The minimum atomic E-state index is -0.663. The van der Waals surface area contributed by atoms with Gasteiger partial charge in [0, 0.05) is 0 Å². The average Bonchev–Trinajstić information content (AvgIpc) is 3.55. The molecule has 0 bridgehead atoms. The fraction of sp³-hybridized carbons (Fsp3) is 0.276. The van der Waals surface area contributed by atoms with Gasteiger partial charge in [0.2, 0.25) is 12.7 Å². The monoisotopic (exact) mass is 644 g/mol. The number of ether oxygens (including phenoxy) is 2. The van der Waals surface area contributed by atoms with E-state index in [2.05, 4.69) is 86.9 Å². The molecule has 0 N–H and O–H groups in total. The molecule has 38 heavy (non-hydrogen) atoms. The molecule has 2 heterocycles. The Morgan fingerprint density at radius 2 is 1.34 bits per heavy atom. The predicted molar refractivity (Wildman–Crippen MR) is 136 cm³/mol. The summed E-state index contributed by atoms with van der Waals surface area (Å²) in [6.45, 7) is 8.01. The van der Waals surface area contributed by atoms with Crippen molar-refractivity contribution >= 4 is 6.16 Å². The Hall–Kier alpha value is -3.17. The van der Waals surface area contributed by atoms with Crippen molar-refractivity contribution in [2.24, 2.45) is 0 Å². The maximum Gasteiger partial charge on any atom is 0.508 e. The zero-order valence-electron chi connectivity index (χ0n) is 21.7. The quantitative estimate of drug-likeness (QED) is 0.112. The van der Waals surface area contributed by atoms with Gasteiger partial charge in [-0.15, -0.1) is 0 Å². The molecule has 0 fully saturated rings. The summed E-state index contributed by atoms with van der Waals surface area (Å²) in [6, 6.07) is 15.9. The Labute approximate surface area is 245 Å². The van der Waals surface area contributed by atoms with E-state index in [1.165, 1.54) is 11.1 Å². The van der Waals surface area contributed by atoms with Crippen LogP contribution in [0.5, 0.6) is 0 Å². The lowest BCUT2D eigenvalue weighted by Gasteiger charge is -2.07. The second-order valence-corrected chi connectivity index (χ2v) is 8.82. The minimum absolute atomic E-state index is 0. The van der Waals surface area contributed by atoms with Gasteiger partial charge < -0.3 is 43.4 Å². The molecule has 202 valence electrons. The Morgan fingerprint density at radius 1 is 0.789 bits per heavy atom. The van der Waals surface area contributed by atoms with E-state index in [0.29, 0.717) is 0 Å². The first kappa shape index (κ1) is 31.1. The lowest BCUT2D eigenvalue weighted by atomic mass is 10.1. The van der Waals surface area contributed by atoms with Crippen molar-refractivity contribution in [3.8, 4) is 0 Å². The number of hydrogen-bond donors (Lipinski definition) is 0. The highest BCUT2D eigenvalue weighted by Gasteiger charge is 2.07. The van der Waals surface area contributed by atoms with E-state index in [1.807, 2.05) is 43.3 Å². The van der Waals surface area contributed by atoms with Crippen LogP contribution >= 0.6 is 0 Å². The van der Waals surface area contributed by atoms with Gasteiger partial charge in [0.05, 0.1) is 6.54 Å². The van der Waals surface area contributed by atoms with E-state index >= 15 is 0 Å². The average molecular weight is 646 g/mol. The van der Waals surface area contributed by atoms with Gasteiger partial charge >= 0.3 is 6.16 Å². The summed E-state index contributed by atoms with van der Waals surface area (Å²) in [5, 5.41) is 0. The Kier molecular flexibility index (Phi) is 13.0. The van der Waals surface area contributed by atoms with Crippen LogP contribution in [0.1, 0.15) is 29.2 Å². The molecule has 0 amide bonds. The van der Waals surface area contributed by atoms with Crippen LogP contribution in [0.2, 0.25) is 0 Å². The van der Waals surface area contributed by atoms with E-state index < -0.39 is 6.16 Å². The number of aryl methyl sites for hydroxylation is 2. The molecule has 4 aromatic rings. The molecule has 0 aliphatic carbocycles. The molecule has 0 spiro atoms. The zero-order valence-corrected chi connectivity index (χ0v) is 24.9. The number of imidazole rings is 2. The van der Waals surface area contributed by atoms with E-state index in [9.17, 15) is 4.79 Å². The van der Waals surface area contributed by atoms with Gasteiger partial charge in [-0.05, 0) is 42.7 Å². The Bertz CT molecular complexity index is 1280. The number of allylic oxidation sites excluding steroid dienone is 2. The van der Waals surface area contributed by atoms with Crippen molar-refractivity contribution in [3.63, 3.8) is 0 Å². The first-order valence-corrected chi connectivity index (χ1v) is 12.2. The van der Waals surface area contributed by atoms with E-state index in [1.54, 1.807) is 0 Å². The van der Waals surface area contributed by atoms with Gasteiger partial charge in [-0.2, -0.15) is 0 Å². The molecule has 2 aromatic heterocycles. The van der Waals surface area contributed by atoms with Gasteiger partial charge in [-0.25, -0.2) is 23.1 Å². The highest BCUT2D eigenvalue weighted by molar-refractivity contribution is 5.60. The SMILES string of the molecule is CCn1cc[n+](C/C=C/Cn2cc[n+](Cc3ccc(COC(=O)OCc4ccc(C)cc4)cc3)c2)c1.[Br-].[Br-]. The zero-order chi connectivity index (χ0) is 25.2. The molecule has 0 radical (unpaired) electrons. The molecule has 0 saturated carbocycles. The molecular weight excluding hydrogens is 612 g/mol. The smallest absolute Gasteiger partial charge is 0.508 e. The van der Waals surface area contributed by atoms with Crippen molar-refractivity contribution in [1.29, 1.82) is 0 Å². The molecule has 4 rings (SSSR count). The van der Waals surface area contributed by atoms with Gasteiger partial charge in [0.1, 0.15) is 57.6 Å². The predicted octanol–water partition coefficient (Wildman–Crippen LogP) is -1.64. The summed E-state index contributed by atoms with van der Waals surface area (Å²) in [5.41, 5.74) is 4.20. The normalized spacial score (nSPS) is 10.6. The summed E-state index contributed by atoms with van der Waals surface area (Å²) in [7, 11) is 0. The van der Waals surface area contributed by atoms with Crippen LogP contribution in [0, 0.1) is 6.92 Å². The van der Waals surface area contributed by atoms with Crippen LogP contribution < -0.4 is 43.1 Å². The highest BCUT2D eigenvalue weighted by Crippen LogP contribution is 2.08. The molecule has 0 atom stereocenters. The summed E-state index contributed by atoms with van der Waals surface area (Å²) >= 11 is 0. The molecular formula is C29H34Br2N4O3. The number of carbonyl (C=O) groups is 1. The van der Waals surface area contributed by atoms with Crippen molar-refractivity contribution in [2.75, 3.05) is 0 Å². The van der Waals surface area contributed by atoms with E-state index in [4.69, 9.17) is 9.47 Å². The summed E-state index contributed by atoms with van der Waals surface area (Å²) in [6.07, 6.45) is 16.3. The number of carbonyl (C=O) groups excluding carboxylic acids is 1. The third-order valence-electron chi connectivity index (χ3n) is 5.88. The molecule has 2 aromatic carbocycles. The van der Waals surface area contributed by atoms with Crippen LogP contribution in [0.3, 0.4) is 0 Å². The molecule has 7 nitrogen and oxygen atoms in total. The van der Waals surface area contributed by atoms with E-state index in [-0.39, 0.29) is 47.2 Å². The molecule has 9 heteroatoms. The Balaban J connectivity index is 0.00000253. The number of rotatable bonds is 11. The van der Waals surface area contributed by atoms with Crippen LogP contribution in [-0.4, -0.2) is 15.3 Å². The third kappa shape index (κ3) is 9.95. The first-order chi connectivity index (χ1) is 17.6. The number of nitrogens with zero attached hydrogens (tertiary/aromatic N) is 4. The molecule has 0 aliphatic rings. The summed E-state index contributed by atoms with van der Waals surface area (Å²) in [5.74, 6) is 0. The minimum Gasteiger partial charge on any atom is -1.00 e. The summed E-state index contributed by atoms with van der Waals surface area (Å²) < 4.78 is 19.1. The number of halogens is 2. The van der Waals surface area contributed by atoms with Crippen LogP contribution in [-0.2, 0) is 48.9 Å². The summed E-state index contributed by atoms with van der Waals surface area (Å²) in [4.78, 5) is 11.9. The first-order valence-electron chi connectivity index (χ1n) is 12.2. The van der Waals surface area contributed by atoms with Crippen molar-refractivity contribution < 1.29 is 57.4 Å². The van der Waals surface area contributed by atoms with Crippen molar-refractivity contribution in [3.05, 3.63) is 120 Å². The molecule has 0 saturated heterocycles. The van der Waals surface area contributed by atoms with Crippen molar-refractivity contribution in [2.45, 2.75) is 53.2 Å². The van der Waals surface area contributed by atoms with Gasteiger partial charge in [0.15, 0.2) is 0 Å². The van der Waals surface area contributed by atoms with Gasteiger partial charge in [-0.1, -0.05) is 54.1 Å². The fourth-order valence-corrected chi connectivity index (χ4v) is 3.73. The Morgan fingerprint density at radius 3 is 1.97 bits per heavy atom.